The molecule has 0 spiro atoms. The van der Waals surface area contributed by atoms with Crippen molar-refractivity contribution in [2.45, 2.75) is 12.5 Å². The molecule has 2 aliphatic heterocycles. The lowest BCUT2D eigenvalue weighted by Gasteiger charge is -2.38. The van der Waals surface area contributed by atoms with Crippen molar-refractivity contribution in [2.75, 3.05) is 18.8 Å². The van der Waals surface area contributed by atoms with Gasteiger partial charge in [-0.05, 0) is 17.9 Å². The summed E-state index contributed by atoms with van der Waals surface area (Å²) < 4.78 is 0. The number of amides is 2. The Bertz CT molecular complexity index is 538. The van der Waals surface area contributed by atoms with Gasteiger partial charge in [-0.15, -0.1) is 11.3 Å². The lowest BCUT2D eigenvalue weighted by atomic mass is 9.98. The van der Waals surface area contributed by atoms with Crippen LogP contribution in [0, 0.1) is 5.92 Å². The molecule has 0 aliphatic carbocycles. The van der Waals surface area contributed by atoms with Gasteiger partial charge in [0.2, 0.25) is 11.0 Å². The van der Waals surface area contributed by atoms with Crippen LogP contribution in [0.15, 0.2) is 17.5 Å². The Morgan fingerprint density at radius 3 is 2.75 bits per heavy atom. The Kier molecular flexibility index (Phi) is 3.80. The van der Waals surface area contributed by atoms with Gasteiger partial charge in [-0.3, -0.25) is 14.4 Å². The first kappa shape index (κ1) is 13.6. The fourth-order valence-corrected chi connectivity index (χ4v) is 3.91. The smallest absolute Gasteiger partial charge is 0.263 e. The molecule has 5 nitrogen and oxygen atoms in total. The predicted octanol–water partition coefficient (Wildman–Crippen LogP) is 0.968. The summed E-state index contributed by atoms with van der Waals surface area (Å²) in [6.45, 7) is 0.882. The molecule has 2 aliphatic rings. The number of nitrogens with zero attached hydrogens (tertiary/aromatic N) is 1. The van der Waals surface area contributed by atoms with Gasteiger partial charge in [-0.2, -0.15) is 0 Å². The average molecular weight is 310 g/mol. The maximum Gasteiger partial charge on any atom is 0.263 e. The monoisotopic (exact) mass is 310 g/mol. The molecule has 3 rings (SSSR count). The van der Waals surface area contributed by atoms with E-state index in [9.17, 15) is 14.4 Å². The molecule has 0 unspecified atom stereocenters. The Hall–Kier alpha value is -1.34. The summed E-state index contributed by atoms with van der Waals surface area (Å²) in [4.78, 5) is 37.8. The van der Waals surface area contributed by atoms with E-state index in [1.165, 1.54) is 23.1 Å². The normalized spacial score (nSPS) is 22.7. The zero-order valence-electron chi connectivity index (χ0n) is 10.7. The summed E-state index contributed by atoms with van der Waals surface area (Å²) in [5, 5.41) is 4.69. The first-order valence-corrected chi connectivity index (χ1v) is 8.31. The molecule has 2 amide bonds. The van der Waals surface area contributed by atoms with Crippen LogP contribution in [0.5, 0.6) is 0 Å². The van der Waals surface area contributed by atoms with E-state index in [1.807, 2.05) is 11.4 Å². The zero-order valence-corrected chi connectivity index (χ0v) is 12.3. The minimum absolute atomic E-state index is 0.0171. The summed E-state index contributed by atoms with van der Waals surface area (Å²) in [5.74, 6) is 0.465. The van der Waals surface area contributed by atoms with E-state index in [0.717, 1.165) is 5.75 Å². The summed E-state index contributed by atoms with van der Waals surface area (Å²) in [7, 11) is 0. The van der Waals surface area contributed by atoms with Crippen LogP contribution < -0.4 is 5.32 Å². The van der Waals surface area contributed by atoms with Crippen LogP contribution in [0.4, 0.5) is 0 Å². The van der Waals surface area contributed by atoms with E-state index in [2.05, 4.69) is 5.32 Å². The fourth-order valence-electron chi connectivity index (χ4n) is 2.28. The minimum Gasteiger partial charge on any atom is -0.345 e. The summed E-state index contributed by atoms with van der Waals surface area (Å²) in [6.07, 6.45) is 0.708. The van der Waals surface area contributed by atoms with Crippen LogP contribution in [0.2, 0.25) is 0 Å². The van der Waals surface area contributed by atoms with Gasteiger partial charge in [0, 0.05) is 18.8 Å². The largest absolute Gasteiger partial charge is 0.345 e. The Morgan fingerprint density at radius 1 is 1.35 bits per heavy atom. The lowest BCUT2D eigenvalue weighted by Crippen LogP contribution is -2.57. The van der Waals surface area contributed by atoms with Gasteiger partial charge >= 0.3 is 0 Å². The number of carbonyl (C=O) groups is 3. The molecular weight excluding hydrogens is 296 g/mol. The van der Waals surface area contributed by atoms with Gasteiger partial charge in [0.1, 0.15) is 0 Å². The number of hydrogen-bond acceptors (Lipinski definition) is 5. The summed E-state index contributed by atoms with van der Waals surface area (Å²) >= 11 is 2.68. The van der Waals surface area contributed by atoms with Gasteiger partial charge in [0.25, 0.3) is 5.91 Å². The third-order valence-electron chi connectivity index (χ3n) is 3.52. The molecule has 106 valence electrons. The fraction of sp³-hybridized carbons (Fsp3) is 0.462. The van der Waals surface area contributed by atoms with E-state index in [-0.39, 0.29) is 28.9 Å². The van der Waals surface area contributed by atoms with Crippen LogP contribution in [0.25, 0.3) is 0 Å². The molecule has 1 aromatic heterocycles. The van der Waals surface area contributed by atoms with Crippen LogP contribution in [-0.4, -0.2) is 46.7 Å². The molecule has 0 radical (unpaired) electrons. The number of thiophene rings is 1. The highest BCUT2D eigenvalue weighted by Crippen LogP contribution is 2.23. The molecule has 2 fully saturated rings. The van der Waals surface area contributed by atoms with Crippen LogP contribution >= 0.6 is 23.1 Å². The zero-order chi connectivity index (χ0) is 14.1. The maximum atomic E-state index is 12.0. The van der Waals surface area contributed by atoms with Crippen LogP contribution in [0.1, 0.15) is 16.1 Å². The van der Waals surface area contributed by atoms with Crippen molar-refractivity contribution < 1.29 is 14.4 Å². The molecule has 0 bridgehead atoms. The summed E-state index contributed by atoms with van der Waals surface area (Å²) in [5.41, 5.74) is 0. The second-order valence-corrected chi connectivity index (χ2v) is 6.95. The molecule has 3 heterocycles. The van der Waals surface area contributed by atoms with Gasteiger partial charge in [0.05, 0.1) is 16.8 Å². The lowest BCUT2D eigenvalue weighted by molar-refractivity contribution is -0.131. The van der Waals surface area contributed by atoms with E-state index >= 15 is 0 Å². The molecule has 1 aromatic rings. The predicted molar refractivity (Wildman–Crippen MR) is 77.7 cm³/mol. The van der Waals surface area contributed by atoms with Crippen molar-refractivity contribution in [1.82, 2.24) is 10.2 Å². The SMILES string of the molecule is O=C(N[C@H]1CCSC1=O)C1CN(C(=O)c2cccs2)C1. The van der Waals surface area contributed by atoms with Gasteiger partial charge in [-0.1, -0.05) is 17.8 Å². The second-order valence-electron chi connectivity index (χ2n) is 4.90. The number of likely N-dealkylation sites (tertiary alicyclic amines) is 1. The first-order valence-electron chi connectivity index (χ1n) is 6.45. The van der Waals surface area contributed by atoms with E-state index in [4.69, 9.17) is 0 Å². The quantitative estimate of drug-likeness (QED) is 0.903. The standard InChI is InChI=1S/C13H14N2O3S2/c16-11(14-9-3-5-20-13(9)18)8-6-15(7-8)12(17)10-2-1-4-19-10/h1-2,4,8-9H,3,5-7H2,(H,14,16)/t9-/m0/s1. The Morgan fingerprint density at radius 2 is 2.15 bits per heavy atom. The second kappa shape index (κ2) is 5.57. The molecular formula is C13H14N2O3S2. The molecule has 0 saturated carbocycles. The van der Waals surface area contributed by atoms with Gasteiger partial charge in [0.15, 0.2) is 0 Å². The number of hydrogen-bond donors (Lipinski definition) is 1. The molecule has 0 aromatic carbocycles. The Balaban J connectivity index is 1.49. The van der Waals surface area contributed by atoms with E-state index in [0.29, 0.717) is 24.4 Å². The molecule has 2 saturated heterocycles. The number of nitrogens with one attached hydrogen (secondary N) is 1. The van der Waals surface area contributed by atoms with Crippen molar-refractivity contribution in [3.63, 3.8) is 0 Å². The minimum atomic E-state index is -0.338. The van der Waals surface area contributed by atoms with Crippen LogP contribution in [-0.2, 0) is 9.59 Å². The molecule has 7 heteroatoms. The molecule has 1 N–H and O–H groups in total. The third-order valence-corrected chi connectivity index (χ3v) is 5.39. The van der Waals surface area contributed by atoms with E-state index in [1.54, 1.807) is 11.0 Å². The van der Waals surface area contributed by atoms with Crippen molar-refractivity contribution in [3.05, 3.63) is 22.4 Å². The van der Waals surface area contributed by atoms with Crippen LogP contribution in [0.3, 0.4) is 0 Å². The Labute approximate surface area is 124 Å². The molecule has 20 heavy (non-hydrogen) atoms. The molecule has 1 atom stereocenters. The highest BCUT2D eigenvalue weighted by atomic mass is 32.2. The first-order chi connectivity index (χ1) is 9.65. The highest BCUT2D eigenvalue weighted by molar-refractivity contribution is 8.14. The number of thioether (sulfide) groups is 1. The van der Waals surface area contributed by atoms with Crippen molar-refractivity contribution in [2.24, 2.45) is 5.92 Å². The van der Waals surface area contributed by atoms with Gasteiger partial charge in [-0.25, -0.2) is 0 Å². The van der Waals surface area contributed by atoms with Crippen molar-refractivity contribution in [3.8, 4) is 0 Å². The number of carbonyl (C=O) groups excluding carboxylic acids is 3. The summed E-state index contributed by atoms with van der Waals surface area (Å²) in [6, 6.07) is 3.29. The maximum absolute atomic E-state index is 12.0. The highest BCUT2D eigenvalue weighted by Gasteiger charge is 2.38. The average Bonchev–Trinajstić information content (AvgIpc) is 3.00. The van der Waals surface area contributed by atoms with Crippen molar-refractivity contribution >= 4 is 40.0 Å². The number of rotatable bonds is 3. The third kappa shape index (κ3) is 2.60. The van der Waals surface area contributed by atoms with Gasteiger partial charge < -0.3 is 10.2 Å². The van der Waals surface area contributed by atoms with Crippen molar-refractivity contribution in [1.29, 1.82) is 0 Å². The van der Waals surface area contributed by atoms with E-state index < -0.39 is 0 Å². The topological polar surface area (TPSA) is 66.5 Å².